The highest BCUT2D eigenvalue weighted by atomic mass is 35.5. The third-order valence-electron chi connectivity index (χ3n) is 3.84. The topological polar surface area (TPSA) is 51.1 Å². The number of hydrogen-bond acceptors (Lipinski definition) is 3. The van der Waals surface area contributed by atoms with Gasteiger partial charge >= 0.3 is 6.18 Å². The molecule has 0 atom stereocenters. The number of rotatable bonds is 6. The first-order valence-electron chi connectivity index (χ1n) is 8.13. The summed E-state index contributed by atoms with van der Waals surface area (Å²) in [6.45, 7) is 4.20. The molecule has 2 rings (SSSR count). The van der Waals surface area contributed by atoms with Crippen molar-refractivity contribution in [3.8, 4) is 5.75 Å². The summed E-state index contributed by atoms with van der Waals surface area (Å²) in [6, 6.07) is 5.66. The molecule has 27 heavy (non-hydrogen) atoms. The van der Waals surface area contributed by atoms with Crippen molar-refractivity contribution < 1.29 is 17.9 Å². The summed E-state index contributed by atoms with van der Waals surface area (Å²) in [6.07, 6.45) is -4.05. The van der Waals surface area contributed by atoms with Gasteiger partial charge in [-0.1, -0.05) is 17.7 Å². The molecule has 0 radical (unpaired) electrons. The van der Waals surface area contributed by atoms with E-state index in [4.69, 9.17) is 28.6 Å². The first kappa shape index (κ1) is 21.3. The molecule has 0 aliphatic rings. The van der Waals surface area contributed by atoms with E-state index in [0.29, 0.717) is 23.8 Å². The van der Waals surface area contributed by atoms with Crippen molar-refractivity contribution in [3.05, 3.63) is 40.2 Å². The zero-order valence-corrected chi connectivity index (χ0v) is 16.6. The van der Waals surface area contributed by atoms with E-state index in [2.05, 4.69) is 15.7 Å². The Morgan fingerprint density at radius 3 is 2.63 bits per heavy atom. The number of ether oxygens (including phenoxy) is 1. The highest BCUT2D eigenvalue weighted by Crippen LogP contribution is 2.35. The van der Waals surface area contributed by atoms with Gasteiger partial charge in [-0.25, -0.2) is 0 Å². The third-order valence-corrected chi connectivity index (χ3v) is 4.54. The molecule has 5 nitrogen and oxygen atoms in total. The number of nitrogens with zero attached hydrogens (tertiary/aromatic N) is 2. The predicted molar refractivity (Wildman–Crippen MR) is 104 cm³/mol. The lowest BCUT2D eigenvalue weighted by Gasteiger charge is -2.14. The lowest BCUT2D eigenvalue weighted by Crippen LogP contribution is -2.30. The normalized spacial score (nSPS) is 11.4. The molecule has 1 aromatic heterocycles. The quantitative estimate of drug-likeness (QED) is 0.530. The smallest absolute Gasteiger partial charge is 0.436 e. The summed E-state index contributed by atoms with van der Waals surface area (Å²) in [7, 11) is 1.57. The summed E-state index contributed by atoms with van der Waals surface area (Å²) in [4.78, 5) is 0. The SMILES string of the molecule is COc1ccc(C)cc1NC(=S)NCCCn1nc(C(F)(F)F)c(Cl)c1C. The summed E-state index contributed by atoms with van der Waals surface area (Å²) in [5, 5.41) is 9.66. The maximum atomic E-state index is 12.8. The van der Waals surface area contributed by atoms with Crippen LogP contribution >= 0.6 is 23.8 Å². The van der Waals surface area contributed by atoms with Gasteiger partial charge in [0.2, 0.25) is 0 Å². The molecule has 0 amide bonds. The average Bonchev–Trinajstić information content (AvgIpc) is 2.87. The molecule has 0 aliphatic heterocycles. The van der Waals surface area contributed by atoms with Crippen LogP contribution in [0, 0.1) is 13.8 Å². The summed E-state index contributed by atoms with van der Waals surface area (Å²) < 4.78 is 45.0. The van der Waals surface area contributed by atoms with E-state index in [1.54, 1.807) is 7.11 Å². The monoisotopic (exact) mass is 420 g/mol. The van der Waals surface area contributed by atoms with Crippen LogP contribution in [0.3, 0.4) is 0 Å². The highest BCUT2D eigenvalue weighted by molar-refractivity contribution is 7.80. The summed E-state index contributed by atoms with van der Waals surface area (Å²) in [5.74, 6) is 0.659. The maximum absolute atomic E-state index is 12.8. The lowest BCUT2D eigenvalue weighted by atomic mass is 10.2. The number of anilines is 1. The van der Waals surface area contributed by atoms with Crippen LogP contribution in [0.4, 0.5) is 18.9 Å². The Morgan fingerprint density at radius 1 is 1.33 bits per heavy atom. The first-order valence-corrected chi connectivity index (χ1v) is 8.91. The molecule has 0 saturated heterocycles. The molecule has 0 saturated carbocycles. The van der Waals surface area contributed by atoms with Crippen LogP contribution in [-0.2, 0) is 12.7 Å². The Bertz CT molecular complexity index is 823. The second kappa shape index (κ2) is 8.79. The van der Waals surface area contributed by atoms with Gasteiger partial charge in [-0.05, 0) is 50.2 Å². The number of alkyl halides is 3. The van der Waals surface area contributed by atoms with Crippen LogP contribution in [0.5, 0.6) is 5.75 Å². The van der Waals surface area contributed by atoms with Crippen LogP contribution in [0.2, 0.25) is 5.02 Å². The average molecular weight is 421 g/mol. The Kier molecular flexibility index (Phi) is 6.94. The van der Waals surface area contributed by atoms with E-state index < -0.39 is 11.9 Å². The molecule has 0 spiro atoms. The number of thiocarbonyl (C=S) groups is 1. The number of aromatic nitrogens is 2. The van der Waals surface area contributed by atoms with Crippen molar-refractivity contribution in [1.82, 2.24) is 15.1 Å². The predicted octanol–water partition coefficient (Wildman–Crippen LogP) is 4.56. The van der Waals surface area contributed by atoms with Crippen LogP contribution < -0.4 is 15.4 Å². The van der Waals surface area contributed by atoms with E-state index >= 15 is 0 Å². The van der Waals surface area contributed by atoms with Crippen molar-refractivity contribution >= 4 is 34.6 Å². The molecule has 148 valence electrons. The van der Waals surface area contributed by atoms with Gasteiger partial charge in [0.1, 0.15) is 5.75 Å². The van der Waals surface area contributed by atoms with Crippen LogP contribution in [0.15, 0.2) is 18.2 Å². The van der Waals surface area contributed by atoms with Gasteiger partial charge in [0.25, 0.3) is 0 Å². The van der Waals surface area contributed by atoms with Gasteiger partial charge in [-0.3, -0.25) is 4.68 Å². The summed E-state index contributed by atoms with van der Waals surface area (Å²) >= 11 is 11.0. The number of halogens is 4. The number of nitrogens with one attached hydrogen (secondary N) is 2. The lowest BCUT2D eigenvalue weighted by molar-refractivity contribution is -0.141. The Labute approximate surface area is 165 Å². The van der Waals surface area contributed by atoms with Gasteiger partial charge in [-0.2, -0.15) is 18.3 Å². The molecule has 2 aromatic rings. The largest absolute Gasteiger partial charge is 0.495 e. The van der Waals surface area contributed by atoms with Crippen LogP contribution in [0.25, 0.3) is 0 Å². The zero-order valence-electron chi connectivity index (χ0n) is 15.1. The van der Waals surface area contributed by atoms with Crippen LogP contribution in [-0.4, -0.2) is 28.5 Å². The second-order valence-electron chi connectivity index (χ2n) is 5.91. The number of methoxy groups -OCH3 is 1. The van der Waals surface area contributed by atoms with E-state index in [1.165, 1.54) is 11.6 Å². The standard InChI is InChI=1S/C17H20ClF3N4OS/c1-10-5-6-13(26-3)12(9-10)23-16(27)22-7-4-8-25-11(2)14(18)15(24-25)17(19,20)21/h5-6,9H,4,7-8H2,1-3H3,(H2,22,23,27). The fourth-order valence-corrected chi connectivity index (χ4v) is 2.89. The molecular weight excluding hydrogens is 401 g/mol. The van der Waals surface area contributed by atoms with Crippen molar-refractivity contribution in [3.63, 3.8) is 0 Å². The second-order valence-corrected chi connectivity index (χ2v) is 6.69. The van der Waals surface area contributed by atoms with Crippen molar-refractivity contribution in [1.29, 1.82) is 0 Å². The molecule has 0 bridgehead atoms. The van der Waals surface area contributed by atoms with Crippen LogP contribution in [0.1, 0.15) is 23.4 Å². The van der Waals surface area contributed by atoms with Gasteiger partial charge < -0.3 is 15.4 Å². The third kappa shape index (κ3) is 5.49. The molecule has 0 fully saturated rings. The van der Waals surface area contributed by atoms with E-state index in [-0.39, 0.29) is 17.3 Å². The first-order chi connectivity index (χ1) is 12.6. The van der Waals surface area contributed by atoms with E-state index in [1.807, 2.05) is 25.1 Å². The molecule has 1 heterocycles. The minimum absolute atomic E-state index is 0.283. The maximum Gasteiger partial charge on any atom is 0.436 e. The van der Waals surface area contributed by atoms with Gasteiger partial charge in [0, 0.05) is 13.1 Å². The fourth-order valence-electron chi connectivity index (χ4n) is 2.44. The van der Waals surface area contributed by atoms with Gasteiger partial charge in [0.05, 0.1) is 23.5 Å². The molecule has 2 N–H and O–H groups in total. The number of hydrogen-bond donors (Lipinski definition) is 2. The van der Waals surface area contributed by atoms with Crippen molar-refractivity contribution in [2.75, 3.05) is 19.0 Å². The number of aryl methyl sites for hydroxylation is 2. The van der Waals surface area contributed by atoms with Crippen molar-refractivity contribution in [2.45, 2.75) is 33.0 Å². The van der Waals surface area contributed by atoms with E-state index in [9.17, 15) is 13.2 Å². The Morgan fingerprint density at radius 2 is 2.04 bits per heavy atom. The molecule has 0 unspecified atom stereocenters. The highest BCUT2D eigenvalue weighted by Gasteiger charge is 2.38. The molecular formula is C17H20ClF3N4OS. The zero-order chi connectivity index (χ0) is 20.2. The van der Waals surface area contributed by atoms with Gasteiger partial charge in [0.15, 0.2) is 10.8 Å². The minimum atomic E-state index is -4.57. The Hall–Kier alpha value is -2.00. The molecule has 1 aromatic carbocycles. The Balaban J connectivity index is 1.87. The van der Waals surface area contributed by atoms with Gasteiger partial charge in [-0.15, -0.1) is 0 Å². The molecule has 10 heteroatoms. The minimum Gasteiger partial charge on any atom is -0.495 e. The van der Waals surface area contributed by atoms with E-state index in [0.717, 1.165) is 11.3 Å². The van der Waals surface area contributed by atoms with Crippen molar-refractivity contribution in [2.24, 2.45) is 0 Å². The number of benzene rings is 1. The molecule has 0 aliphatic carbocycles. The fraction of sp³-hybridized carbons (Fsp3) is 0.412. The summed E-state index contributed by atoms with van der Waals surface area (Å²) in [5.41, 5.74) is 1.01.